The van der Waals surface area contributed by atoms with Crippen LogP contribution < -0.4 is 0 Å². The Morgan fingerprint density at radius 2 is 0.955 bits per heavy atom. The van der Waals surface area contributed by atoms with Crippen LogP contribution in [0.3, 0.4) is 0 Å². The zero-order valence-electron chi connectivity index (χ0n) is 11.7. The van der Waals surface area contributed by atoms with Gasteiger partial charge in [0.05, 0.1) is 11.0 Å². The summed E-state index contributed by atoms with van der Waals surface area (Å²) >= 11 is 8.58. The number of aromatic nitrogens is 2. The van der Waals surface area contributed by atoms with Crippen LogP contribution in [-0.2, 0) is 0 Å². The van der Waals surface area contributed by atoms with E-state index in [4.69, 9.17) is 0 Å². The minimum absolute atomic E-state index is 0.933. The summed E-state index contributed by atoms with van der Waals surface area (Å²) in [6.45, 7) is 0. The first-order valence-electron chi connectivity index (χ1n) is 6.81. The lowest BCUT2D eigenvalue weighted by molar-refractivity contribution is 1.36. The summed E-state index contributed by atoms with van der Waals surface area (Å²) < 4.78 is 0. The van der Waals surface area contributed by atoms with Crippen LogP contribution in [0.1, 0.15) is 0 Å². The highest BCUT2D eigenvalue weighted by atomic mass is 32.1. The Labute approximate surface area is 140 Å². The number of pyridine rings is 2. The molecular weight excluding hydrogens is 308 g/mol. The summed E-state index contributed by atoms with van der Waals surface area (Å²) in [5.41, 5.74) is 1.94. The molecule has 108 valence electrons. The molecule has 2 heterocycles. The van der Waals surface area contributed by atoms with E-state index in [2.05, 4.69) is 35.2 Å². The Morgan fingerprint density at radius 1 is 0.545 bits per heavy atom. The maximum atomic E-state index is 4.29. The number of fused-ring (bicyclic) bond motifs is 2. The average Bonchev–Trinajstić information content (AvgIpc) is 2.57. The minimum atomic E-state index is 0.933. The Morgan fingerprint density at radius 3 is 1.36 bits per heavy atom. The van der Waals surface area contributed by atoms with Crippen molar-refractivity contribution in [2.24, 2.45) is 0 Å². The van der Waals surface area contributed by atoms with Crippen LogP contribution >= 0.6 is 25.3 Å². The largest absolute Gasteiger partial charge is 0.255 e. The van der Waals surface area contributed by atoms with E-state index in [1.807, 2.05) is 60.7 Å². The number of rotatable bonds is 0. The zero-order chi connectivity index (χ0) is 15.4. The van der Waals surface area contributed by atoms with Crippen LogP contribution in [0.15, 0.2) is 82.8 Å². The van der Waals surface area contributed by atoms with Gasteiger partial charge in [0.2, 0.25) is 0 Å². The first-order valence-corrected chi connectivity index (χ1v) is 7.70. The van der Waals surface area contributed by atoms with Crippen molar-refractivity contribution in [3.8, 4) is 0 Å². The summed E-state index contributed by atoms with van der Waals surface area (Å²) in [6, 6.07) is 19.8. The molecule has 0 saturated carbocycles. The molecule has 0 radical (unpaired) electrons. The molecule has 0 unspecified atom stereocenters. The fraction of sp³-hybridized carbons (Fsp3) is 0. The van der Waals surface area contributed by atoms with Crippen LogP contribution in [0.25, 0.3) is 21.8 Å². The molecule has 0 aliphatic carbocycles. The minimum Gasteiger partial charge on any atom is -0.255 e. The van der Waals surface area contributed by atoms with Crippen molar-refractivity contribution in [3.05, 3.63) is 73.1 Å². The maximum Gasteiger partial charge on any atom is 0.0835 e. The average molecular weight is 322 g/mol. The van der Waals surface area contributed by atoms with Gasteiger partial charge < -0.3 is 0 Å². The number of thiol groups is 2. The third-order valence-electron chi connectivity index (χ3n) is 3.22. The summed E-state index contributed by atoms with van der Waals surface area (Å²) in [5.74, 6) is 0. The monoisotopic (exact) mass is 322 g/mol. The van der Waals surface area contributed by atoms with Gasteiger partial charge >= 0.3 is 0 Å². The SMILES string of the molecule is Sc1cccc2cccnc12.Sc1cccc2cccnc12. The van der Waals surface area contributed by atoms with Crippen molar-refractivity contribution < 1.29 is 0 Å². The van der Waals surface area contributed by atoms with Crippen molar-refractivity contribution in [1.82, 2.24) is 9.97 Å². The highest BCUT2D eigenvalue weighted by Crippen LogP contribution is 2.18. The van der Waals surface area contributed by atoms with Gasteiger partial charge in [-0.2, -0.15) is 0 Å². The fourth-order valence-electron chi connectivity index (χ4n) is 2.18. The lowest BCUT2D eigenvalue weighted by Gasteiger charge is -1.97. The van der Waals surface area contributed by atoms with Gasteiger partial charge in [0.1, 0.15) is 0 Å². The summed E-state index contributed by atoms with van der Waals surface area (Å²) in [5, 5.41) is 2.28. The van der Waals surface area contributed by atoms with Crippen molar-refractivity contribution in [2.75, 3.05) is 0 Å². The van der Waals surface area contributed by atoms with Crippen LogP contribution in [0.2, 0.25) is 0 Å². The molecule has 0 bridgehead atoms. The van der Waals surface area contributed by atoms with Crippen LogP contribution in [0.5, 0.6) is 0 Å². The van der Waals surface area contributed by atoms with Crippen molar-refractivity contribution in [2.45, 2.75) is 9.79 Å². The molecular formula is C18H14N2S2. The van der Waals surface area contributed by atoms with Gasteiger partial charge in [0, 0.05) is 33.0 Å². The van der Waals surface area contributed by atoms with Crippen molar-refractivity contribution >= 4 is 47.1 Å². The molecule has 0 atom stereocenters. The lowest BCUT2D eigenvalue weighted by Crippen LogP contribution is -1.77. The lowest BCUT2D eigenvalue weighted by atomic mass is 10.2. The molecule has 0 spiro atoms. The summed E-state index contributed by atoms with van der Waals surface area (Å²) in [4.78, 5) is 10.3. The quantitative estimate of drug-likeness (QED) is 0.443. The van der Waals surface area contributed by atoms with Crippen LogP contribution in [0.4, 0.5) is 0 Å². The molecule has 0 amide bonds. The van der Waals surface area contributed by atoms with Gasteiger partial charge in [-0.25, -0.2) is 0 Å². The third kappa shape index (κ3) is 3.24. The van der Waals surface area contributed by atoms with E-state index in [1.54, 1.807) is 12.4 Å². The number of hydrogen-bond donors (Lipinski definition) is 2. The molecule has 0 N–H and O–H groups in total. The van der Waals surface area contributed by atoms with Gasteiger partial charge in [-0.15, -0.1) is 25.3 Å². The van der Waals surface area contributed by atoms with Gasteiger partial charge in [0.15, 0.2) is 0 Å². The second-order valence-electron chi connectivity index (χ2n) is 4.70. The van der Waals surface area contributed by atoms with E-state index < -0.39 is 0 Å². The molecule has 4 rings (SSSR count). The molecule has 2 nitrogen and oxygen atoms in total. The molecule has 2 aromatic heterocycles. The second-order valence-corrected chi connectivity index (χ2v) is 5.67. The van der Waals surface area contributed by atoms with Gasteiger partial charge in [-0.1, -0.05) is 36.4 Å². The van der Waals surface area contributed by atoms with E-state index in [1.165, 1.54) is 0 Å². The first-order chi connectivity index (χ1) is 10.8. The summed E-state index contributed by atoms with van der Waals surface area (Å²) in [7, 11) is 0. The maximum absolute atomic E-state index is 4.29. The Bertz CT molecular complexity index is 835. The molecule has 0 aliphatic rings. The molecule has 0 saturated heterocycles. The smallest absolute Gasteiger partial charge is 0.0835 e. The van der Waals surface area contributed by atoms with Gasteiger partial charge in [-0.05, 0) is 24.3 Å². The standard InChI is InChI=1S/2C9H7NS/c2*11-8-5-1-3-7-4-2-6-10-9(7)8/h2*1-6,11H. The second kappa shape index (κ2) is 6.81. The molecule has 0 fully saturated rings. The Kier molecular flexibility index (Phi) is 4.61. The number of benzene rings is 2. The van der Waals surface area contributed by atoms with Crippen LogP contribution in [-0.4, -0.2) is 9.97 Å². The first kappa shape index (κ1) is 14.9. The molecule has 2 aromatic carbocycles. The predicted octanol–water partition coefficient (Wildman–Crippen LogP) is 5.05. The van der Waals surface area contributed by atoms with E-state index >= 15 is 0 Å². The van der Waals surface area contributed by atoms with E-state index in [9.17, 15) is 0 Å². The normalized spacial score (nSPS) is 10.3. The molecule has 22 heavy (non-hydrogen) atoms. The van der Waals surface area contributed by atoms with Crippen molar-refractivity contribution in [1.29, 1.82) is 0 Å². The fourth-order valence-corrected chi connectivity index (χ4v) is 2.72. The van der Waals surface area contributed by atoms with Gasteiger partial charge in [-0.3, -0.25) is 9.97 Å². The van der Waals surface area contributed by atoms with E-state index in [0.29, 0.717) is 0 Å². The van der Waals surface area contributed by atoms with Crippen molar-refractivity contribution in [3.63, 3.8) is 0 Å². The Balaban J connectivity index is 0.000000131. The number of hydrogen-bond acceptors (Lipinski definition) is 4. The van der Waals surface area contributed by atoms with E-state index in [0.717, 1.165) is 31.6 Å². The molecule has 4 aromatic rings. The van der Waals surface area contributed by atoms with E-state index in [-0.39, 0.29) is 0 Å². The topological polar surface area (TPSA) is 25.8 Å². The molecule has 0 aliphatic heterocycles. The number of nitrogens with zero attached hydrogens (tertiary/aromatic N) is 2. The third-order valence-corrected chi connectivity index (χ3v) is 3.94. The zero-order valence-corrected chi connectivity index (χ0v) is 13.5. The van der Waals surface area contributed by atoms with Crippen LogP contribution in [0, 0.1) is 0 Å². The van der Waals surface area contributed by atoms with Gasteiger partial charge in [0.25, 0.3) is 0 Å². The number of para-hydroxylation sites is 2. The highest BCUT2D eigenvalue weighted by Gasteiger charge is 1.95. The predicted molar refractivity (Wildman–Crippen MR) is 98.0 cm³/mol. The summed E-state index contributed by atoms with van der Waals surface area (Å²) in [6.07, 6.45) is 3.56. The highest BCUT2D eigenvalue weighted by molar-refractivity contribution is 7.80. The Hall–Kier alpha value is -2.04. The molecule has 4 heteroatoms.